The van der Waals surface area contributed by atoms with Crippen LogP contribution in [0.4, 0.5) is 4.39 Å². The summed E-state index contributed by atoms with van der Waals surface area (Å²) >= 11 is 0. The summed E-state index contributed by atoms with van der Waals surface area (Å²) in [4.78, 5) is 12.6. The van der Waals surface area contributed by atoms with Crippen molar-refractivity contribution in [2.45, 2.75) is 32.1 Å². The Hall–Kier alpha value is -2.25. The number of carbonyl (C=O) groups excluding carboxylic acids is 1. The van der Waals surface area contributed by atoms with Crippen molar-refractivity contribution in [1.82, 2.24) is 9.62 Å². The Morgan fingerprint density at radius 1 is 1.18 bits per heavy atom. The van der Waals surface area contributed by atoms with Crippen molar-refractivity contribution in [2.75, 3.05) is 13.1 Å². The third-order valence-electron chi connectivity index (χ3n) is 4.96. The molecule has 2 aromatic rings. The van der Waals surface area contributed by atoms with Gasteiger partial charge in [0.1, 0.15) is 5.82 Å². The molecule has 0 radical (unpaired) electrons. The SMILES string of the molecule is Cc1cccc(CNC(=O)[C@@H]2CCCN(S(=O)(=O)Cc3ccc(F)cc3)C2)c1. The summed E-state index contributed by atoms with van der Waals surface area (Å²) in [5.41, 5.74) is 2.68. The zero-order valence-corrected chi connectivity index (χ0v) is 16.7. The maximum absolute atomic E-state index is 13.0. The van der Waals surface area contributed by atoms with E-state index in [9.17, 15) is 17.6 Å². The molecular weight excluding hydrogens is 379 g/mol. The van der Waals surface area contributed by atoms with Crippen LogP contribution in [0.3, 0.4) is 0 Å². The molecule has 1 fully saturated rings. The molecule has 2 aromatic carbocycles. The Labute approximate surface area is 165 Å². The van der Waals surface area contributed by atoms with Gasteiger partial charge in [-0.05, 0) is 43.0 Å². The summed E-state index contributed by atoms with van der Waals surface area (Å²) in [6, 6.07) is 13.4. The van der Waals surface area contributed by atoms with E-state index in [0.29, 0.717) is 31.5 Å². The number of carbonyl (C=O) groups is 1. The minimum absolute atomic E-state index is 0.122. The van der Waals surface area contributed by atoms with Gasteiger partial charge in [-0.25, -0.2) is 17.1 Å². The fraction of sp³-hybridized carbons (Fsp3) is 0.381. The summed E-state index contributed by atoms with van der Waals surface area (Å²) in [7, 11) is -3.56. The lowest BCUT2D eigenvalue weighted by Crippen LogP contribution is -2.45. The van der Waals surface area contributed by atoms with Crippen LogP contribution < -0.4 is 5.32 Å². The first-order valence-corrected chi connectivity index (χ1v) is 11.0. The molecule has 5 nitrogen and oxygen atoms in total. The molecule has 1 aliphatic rings. The third kappa shape index (κ3) is 5.39. The van der Waals surface area contributed by atoms with Crippen LogP contribution in [0.1, 0.15) is 29.5 Å². The van der Waals surface area contributed by atoms with Gasteiger partial charge in [-0.2, -0.15) is 0 Å². The van der Waals surface area contributed by atoms with E-state index >= 15 is 0 Å². The van der Waals surface area contributed by atoms with Gasteiger partial charge in [-0.1, -0.05) is 42.0 Å². The number of halogens is 1. The molecule has 7 heteroatoms. The number of piperidine rings is 1. The van der Waals surface area contributed by atoms with Crippen LogP contribution in [0.2, 0.25) is 0 Å². The molecule has 1 aliphatic heterocycles. The second kappa shape index (κ2) is 8.84. The maximum atomic E-state index is 13.0. The van der Waals surface area contributed by atoms with Gasteiger partial charge >= 0.3 is 0 Å². The van der Waals surface area contributed by atoms with Crippen LogP contribution in [-0.2, 0) is 27.1 Å². The Balaban J connectivity index is 1.59. The van der Waals surface area contributed by atoms with Crippen molar-refractivity contribution >= 4 is 15.9 Å². The largest absolute Gasteiger partial charge is 0.352 e. The van der Waals surface area contributed by atoms with E-state index in [4.69, 9.17) is 0 Å². The minimum Gasteiger partial charge on any atom is -0.352 e. The zero-order valence-electron chi connectivity index (χ0n) is 15.9. The molecular formula is C21H25FN2O3S. The van der Waals surface area contributed by atoms with Gasteiger partial charge < -0.3 is 5.32 Å². The Kier molecular flexibility index (Phi) is 6.46. The van der Waals surface area contributed by atoms with E-state index in [0.717, 1.165) is 11.1 Å². The van der Waals surface area contributed by atoms with Gasteiger partial charge in [0.05, 0.1) is 11.7 Å². The van der Waals surface area contributed by atoms with Gasteiger partial charge in [-0.15, -0.1) is 0 Å². The van der Waals surface area contributed by atoms with Gasteiger partial charge in [0, 0.05) is 19.6 Å². The van der Waals surface area contributed by atoms with Crippen LogP contribution in [0, 0.1) is 18.7 Å². The quantitative estimate of drug-likeness (QED) is 0.805. The van der Waals surface area contributed by atoms with Crippen molar-refractivity contribution in [3.63, 3.8) is 0 Å². The lowest BCUT2D eigenvalue weighted by Gasteiger charge is -2.31. The molecule has 1 saturated heterocycles. The van der Waals surface area contributed by atoms with Crippen molar-refractivity contribution in [2.24, 2.45) is 5.92 Å². The predicted molar refractivity (Wildman–Crippen MR) is 106 cm³/mol. The molecule has 0 spiro atoms. The Morgan fingerprint density at radius 3 is 2.64 bits per heavy atom. The first kappa shape index (κ1) is 20.5. The van der Waals surface area contributed by atoms with E-state index in [-0.39, 0.29) is 24.1 Å². The summed E-state index contributed by atoms with van der Waals surface area (Å²) in [5.74, 6) is -1.07. The van der Waals surface area contributed by atoms with Crippen LogP contribution in [-0.4, -0.2) is 31.7 Å². The first-order chi connectivity index (χ1) is 13.3. The van der Waals surface area contributed by atoms with Gasteiger partial charge in [0.15, 0.2) is 0 Å². The summed E-state index contributed by atoms with van der Waals surface area (Å²) in [6.07, 6.45) is 1.31. The lowest BCUT2D eigenvalue weighted by atomic mass is 9.98. The molecule has 0 unspecified atom stereocenters. The van der Waals surface area contributed by atoms with E-state index in [1.54, 1.807) is 0 Å². The monoisotopic (exact) mass is 404 g/mol. The molecule has 3 rings (SSSR count). The molecule has 1 atom stereocenters. The average molecular weight is 405 g/mol. The predicted octanol–water partition coefficient (Wildman–Crippen LogP) is 2.99. The number of hydrogen-bond donors (Lipinski definition) is 1. The van der Waals surface area contributed by atoms with Crippen molar-refractivity contribution in [3.8, 4) is 0 Å². The van der Waals surface area contributed by atoms with Crippen LogP contribution in [0.5, 0.6) is 0 Å². The van der Waals surface area contributed by atoms with Gasteiger partial charge in [0.2, 0.25) is 15.9 Å². The summed E-state index contributed by atoms with van der Waals surface area (Å²) in [5, 5.41) is 2.92. The van der Waals surface area contributed by atoms with Crippen LogP contribution >= 0.6 is 0 Å². The average Bonchev–Trinajstić information content (AvgIpc) is 2.68. The number of aryl methyl sites for hydroxylation is 1. The number of benzene rings is 2. The Morgan fingerprint density at radius 2 is 1.93 bits per heavy atom. The number of amides is 1. The number of rotatable bonds is 6. The third-order valence-corrected chi connectivity index (χ3v) is 6.78. The molecule has 28 heavy (non-hydrogen) atoms. The first-order valence-electron chi connectivity index (χ1n) is 9.39. The summed E-state index contributed by atoms with van der Waals surface area (Å²) in [6.45, 7) is 3.02. The summed E-state index contributed by atoms with van der Waals surface area (Å²) < 4.78 is 39.9. The highest BCUT2D eigenvalue weighted by Gasteiger charge is 2.32. The molecule has 0 aliphatic carbocycles. The van der Waals surface area contributed by atoms with Crippen molar-refractivity contribution < 1.29 is 17.6 Å². The number of sulfonamides is 1. The van der Waals surface area contributed by atoms with E-state index in [1.165, 1.54) is 28.6 Å². The second-order valence-corrected chi connectivity index (χ2v) is 9.26. The standard InChI is InChI=1S/C21H25FN2O3S/c1-16-4-2-5-18(12-16)13-23-21(25)19-6-3-11-24(14-19)28(26,27)15-17-7-9-20(22)10-8-17/h2,4-5,7-10,12,19H,3,6,11,13-15H2,1H3,(H,23,25)/t19-/m1/s1. The fourth-order valence-corrected chi connectivity index (χ4v) is 5.06. The molecule has 1 heterocycles. The van der Waals surface area contributed by atoms with Gasteiger partial charge in [0.25, 0.3) is 0 Å². The topological polar surface area (TPSA) is 66.5 Å². The van der Waals surface area contributed by atoms with Crippen LogP contribution in [0.15, 0.2) is 48.5 Å². The second-order valence-electron chi connectivity index (χ2n) is 7.29. The van der Waals surface area contributed by atoms with E-state index < -0.39 is 15.8 Å². The fourth-order valence-electron chi connectivity index (χ4n) is 3.45. The molecule has 0 bridgehead atoms. The van der Waals surface area contributed by atoms with E-state index in [2.05, 4.69) is 5.32 Å². The van der Waals surface area contributed by atoms with Crippen LogP contribution in [0.25, 0.3) is 0 Å². The number of nitrogens with one attached hydrogen (secondary N) is 1. The highest BCUT2D eigenvalue weighted by Crippen LogP contribution is 2.22. The minimum atomic E-state index is -3.56. The number of hydrogen-bond acceptors (Lipinski definition) is 3. The lowest BCUT2D eigenvalue weighted by molar-refractivity contribution is -0.126. The van der Waals surface area contributed by atoms with Crippen molar-refractivity contribution in [3.05, 3.63) is 71.0 Å². The molecule has 1 N–H and O–H groups in total. The normalized spacial score (nSPS) is 18.0. The highest BCUT2D eigenvalue weighted by molar-refractivity contribution is 7.88. The maximum Gasteiger partial charge on any atom is 0.224 e. The van der Waals surface area contributed by atoms with Gasteiger partial charge in [-0.3, -0.25) is 4.79 Å². The smallest absolute Gasteiger partial charge is 0.224 e. The van der Waals surface area contributed by atoms with Crippen molar-refractivity contribution in [1.29, 1.82) is 0 Å². The molecule has 0 aromatic heterocycles. The zero-order chi connectivity index (χ0) is 20.1. The highest BCUT2D eigenvalue weighted by atomic mass is 32.2. The van der Waals surface area contributed by atoms with E-state index in [1.807, 2.05) is 31.2 Å². The molecule has 150 valence electrons. The molecule has 1 amide bonds. The number of nitrogens with zero attached hydrogens (tertiary/aromatic N) is 1. The molecule has 0 saturated carbocycles. The Bertz CT molecular complexity index is 929.